The van der Waals surface area contributed by atoms with E-state index < -0.39 is 0 Å². The van der Waals surface area contributed by atoms with Crippen LogP contribution in [0.15, 0.2) is 16.9 Å². The maximum atomic E-state index is 5.35. The molecule has 2 aromatic heterocycles. The number of aromatic nitrogens is 3. The maximum absolute atomic E-state index is 5.35. The van der Waals surface area contributed by atoms with Crippen molar-refractivity contribution in [2.45, 2.75) is 71.6 Å². The fourth-order valence-electron chi connectivity index (χ4n) is 3.49. The van der Waals surface area contributed by atoms with Gasteiger partial charge in [0.05, 0.1) is 11.1 Å². The Bertz CT molecular complexity index is 632. The minimum atomic E-state index is -0.257. The van der Waals surface area contributed by atoms with Crippen molar-refractivity contribution < 1.29 is 4.42 Å². The molecule has 0 spiro atoms. The van der Waals surface area contributed by atoms with Gasteiger partial charge in [-0.3, -0.25) is 0 Å². The molecule has 4 nitrogen and oxygen atoms in total. The summed E-state index contributed by atoms with van der Waals surface area (Å²) in [5, 5.41) is 0. The van der Waals surface area contributed by atoms with E-state index in [1.807, 2.05) is 13.1 Å². The van der Waals surface area contributed by atoms with Crippen molar-refractivity contribution in [1.29, 1.82) is 0 Å². The van der Waals surface area contributed by atoms with E-state index in [0.29, 0.717) is 11.3 Å². The smallest absolute Gasteiger partial charge is 0.191 e. The average Bonchev–Trinajstić information content (AvgIpc) is 3.17. The molecule has 3 rings (SSSR count). The number of imidazole rings is 1. The van der Waals surface area contributed by atoms with Crippen molar-refractivity contribution in [2.75, 3.05) is 0 Å². The Hall–Kier alpha value is -1.58. The van der Waals surface area contributed by atoms with Gasteiger partial charge in [-0.05, 0) is 44.9 Å². The van der Waals surface area contributed by atoms with Crippen molar-refractivity contribution in [3.8, 4) is 0 Å². The van der Waals surface area contributed by atoms with E-state index in [0.717, 1.165) is 17.9 Å². The molecule has 0 saturated heterocycles. The molecule has 1 saturated carbocycles. The molecule has 0 atom stereocenters. The van der Waals surface area contributed by atoms with Crippen LogP contribution in [0.4, 0.5) is 0 Å². The second kappa shape index (κ2) is 5.56. The van der Waals surface area contributed by atoms with Gasteiger partial charge in [0.25, 0.3) is 0 Å². The summed E-state index contributed by atoms with van der Waals surface area (Å²) in [5.41, 5.74) is 2.43. The highest BCUT2D eigenvalue weighted by Gasteiger charge is 2.31. The zero-order valence-electron chi connectivity index (χ0n) is 14.2. The van der Waals surface area contributed by atoms with Crippen LogP contribution < -0.4 is 0 Å². The Morgan fingerprint density at radius 2 is 2.05 bits per heavy atom. The molecule has 0 unspecified atom stereocenters. The molecule has 22 heavy (non-hydrogen) atoms. The number of hydrogen-bond acceptors (Lipinski definition) is 3. The van der Waals surface area contributed by atoms with Crippen molar-refractivity contribution >= 4 is 0 Å². The van der Waals surface area contributed by atoms with Gasteiger partial charge in [0.1, 0.15) is 12.1 Å². The topological polar surface area (TPSA) is 54.7 Å². The van der Waals surface area contributed by atoms with Crippen molar-refractivity contribution in [1.82, 2.24) is 15.0 Å². The Labute approximate surface area is 132 Å². The second-order valence-corrected chi connectivity index (χ2v) is 7.65. The second-order valence-electron chi connectivity index (χ2n) is 7.65. The van der Waals surface area contributed by atoms with Crippen molar-refractivity contribution in [3.63, 3.8) is 0 Å². The van der Waals surface area contributed by atoms with E-state index in [9.17, 15) is 0 Å². The number of hydrogen-bond donors (Lipinski definition) is 1. The summed E-state index contributed by atoms with van der Waals surface area (Å²) in [6.07, 6.45) is 11.6. The summed E-state index contributed by atoms with van der Waals surface area (Å²) in [4.78, 5) is 12.6. The molecule has 1 aliphatic carbocycles. The molecule has 0 bridgehead atoms. The Morgan fingerprint density at radius 3 is 2.68 bits per heavy atom. The van der Waals surface area contributed by atoms with Gasteiger partial charge in [-0.1, -0.05) is 19.8 Å². The van der Waals surface area contributed by atoms with Gasteiger partial charge in [0.2, 0.25) is 0 Å². The van der Waals surface area contributed by atoms with Crippen LogP contribution in [0.1, 0.15) is 76.0 Å². The standard InChI is InChI=1S/C18H27N3O/c1-13-20-15(12-22-13)17(2,3)16-19-11-14(21-16)7-10-18(4)8-5-6-9-18/h11-12H,5-10H2,1-4H3,(H,19,21). The minimum Gasteiger partial charge on any atom is -0.449 e. The van der Waals surface area contributed by atoms with Gasteiger partial charge >= 0.3 is 0 Å². The third-order valence-corrected chi connectivity index (χ3v) is 5.29. The third kappa shape index (κ3) is 2.96. The fraction of sp³-hybridized carbons (Fsp3) is 0.667. The molecular formula is C18H27N3O. The van der Waals surface area contributed by atoms with Gasteiger partial charge in [0.15, 0.2) is 5.89 Å². The largest absolute Gasteiger partial charge is 0.449 e. The number of H-pyrrole nitrogens is 1. The lowest BCUT2D eigenvalue weighted by molar-refractivity contribution is 0.307. The van der Waals surface area contributed by atoms with Crippen LogP contribution in [-0.2, 0) is 11.8 Å². The molecule has 4 heteroatoms. The highest BCUT2D eigenvalue weighted by atomic mass is 16.3. The number of rotatable bonds is 5. The molecule has 0 aromatic carbocycles. The molecule has 0 amide bonds. The Morgan fingerprint density at radius 1 is 1.32 bits per heavy atom. The summed E-state index contributed by atoms with van der Waals surface area (Å²) in [6, 6.07) is 0. The lowest BCUT2D eigenvalue weighted by Gasteiger charge is -2.22. The van der Waals surface area contributed by atoms with E-state index in [2.05, 4.69) is 35.7 Å². The van der Waals surface area contributed by atoms with Crippen LogP contribution >= 0.6 is 0 Å². The number of nitrogens with zero attached hydrogens (tertiary/aromatic N) is 2. The van der Waals surface area contributed by atoms with E-state index in [4.69, 9.17) is 4.42 Å². The van der Waals surface area contributed by atoms with Crippen LogP contribution in [-0.4, -0.2) is 15.0 Å². The predicted molar refractivity (Wildman–Crippen MR) is 86.9 cm³/mol. The van der Waals surface area contributed by atoms with Gasteiger partial charge in [-0.2, -0.15) is 0 Å². The van der Waals surface area contributed by atoms with Crippen molar-refractivity contribution in [2.24, 2.45) is 5.41 Å². The van der Waals surface area contributed by atoms with Crippen LogP contribution in [0, 0.1) is 12.3 Å². The Balaban J connectivity index is 1.70. The SMILES string of the molecule is Cc1nc(C(C)(C)c2ncc(CCC3(C)CCCC3)[nH]2)co1. The normalized spacial score (nSPS) is 18.0. The first kappa shape index (κ1) is 15.3. The lowest BCUT2D eigenvalue weighted by Crippen LogP contribution is -2.21. The molecule has 2 aromatic rings. The number of aromatic amines is 1. The summed E-state index contributed by atoms with van der Waals surface area (Å²) in [5.74, 6) is 1.66. The quantitative estimate of drug-likeness (QED) is 0.881. The number of aryl methyl sites for hydroxylation is 2. The first-order valence-electron chi connectivity index (χ1n) is 8.36. The van der Waals surface area contributed by atoms with E-state index in [1.165, 1.54) is 37.8 Å². The van der Waals surface area contributed by atoms with Crippen LogP contribution in [0.3, 0.4) is 0 Å². The summed E-state index contributed by atoms with van der Waals surface area (Å²) in [7, 11) is 0. The number of nitrogens with one attached hydrogen (secondary N) is 1. The van der Waals surface area contributed by atoms with Gasteiger partial charge in [-0.25, -0.2) is 9.97 Å². The lowest BCUT2D eigenvalue weighted by atomic mass is 9.83. The summed E-state index contributed by atoms with van der Waals surface area (Å²) >= 11 is 0. The van der Waals surface area contributed by atoms with Crippen molar-refractivity contribution in [3.05, 3.63) is 35.6 Å². The Kier molecular flexibility index (Phi) is 3.87. The number of oxazole rings is 1. The highest BCUT2D eigenvalue weighted by molar-refractivity contribution is 5.23. The average molecular weight is 301 g/mol. The monoisotopic (exact) mass is 301 g/mol. The first-order chi connectivity index (χ1) is 10.4. The van der Waals surface area contributed by atoms with E-state index in [1.54, 1.807) is 6.26 Å². The zero-order chi connectivity index (χ0) is 15.8. The molecule has 1 N–H and O–H groups in total. The molecule has 0 aliphatic heterocycles. The highest BCUT2D eigenvalue weighted by Crippen LogP contribution is 2.41. The summed E-state index contributed by atoms with van der Waals surface area (Å²) < 4.78 is 5.35. The van der Waals surface area contributed by atoms with E-state index >= 15 is 0 Å². The summed E-state index contributed by atoms with van der Waals surface area (Å²) in [6.45, 7) is 8.56. The van der Waals surface area contributed by atoms with Crippen LogP contribution in [0.5, 0.6) is 0 Å². The van der Waals surface area contributed by atoms with Gasteiger partial charge in [-0.15, -0.1) is 0 Å². The first-order valence-corrected chi connectivity index (χ1v) is 8.36. The van der Waals surface area contributed by atoms with Gasteiger partial charge < -0.3 is 9.40 Å². The molecule has 0 radical (unpaired) electrons. The van der Waals surface area contributed by atoms with Crippen LogP contribution in [0.25, 0.3) is 0 Å². The molecule has 2 heterocycles. The minimum absolute atomic E-state index is 0.257. The van der Waals surface area contributed by atoms with Gasteiger partial charge in [0, 0.05) is 18.8 Å². The molecule has 1 aliphatic rings. The predicted octanol–water partition coefficient (Wildman–Crippen LogP) is 4.54. The van der Waals surface area contributed by atoms with Crippen LogP contribution in [0.2, 0.25) is 0 Å². The fourth-order valence-corrected chi connectivity index (χ4v) is 3.49. The molecular weight excluding hydrogens is 274 g/mol. The maximum Gasteiger partial charge on any atom is 0.191 e. The third-order valence-electron chi connectivity index (χ3n) is 5.29. The van der Waals surface area contributed by atoms with E-state index in [-0.39, 0.29) is 5.41 Å². The molecule has 1 fully saturated rings. The zero-order valence-corrected chi connectivity index (χ0v) is 14.2. The molecule has 120 valence electrons.